The van der Waals surface area contributed by atoms with Crippen molar-refractivity contribution in [1.82, 2.24) is 24.6 Å². The van der Waals surface area contributed by atoms with E-state index in [0.717, 1.165) is 78.1 Å². The monoisotopic (exact) mass is 434 g/mol. The number of furan rings is 1. The summed E-state index contributed by atoms with van der Waals surface area (Å²) >= 11 is 0. The number of fused-ring (bicyclic) bond motifs is 1. The molecule has 1 aliphatic heterocycles. The van der Waals surface area contributed by atoms with Crippen LogP contribution >= 0.6 is 0 Å². The molecule has 0 N–H and O–H groups in total. The van der Waals surface area contributed by atoms with Crippen molar-refractivity contribution in [2.75, 3.05) is 32.1 Å². The van der Waals surface area contributed by atoms with Crippen LogP contribution in [0.3, 0.4) is 0 Å². The molecule has 0 aromatic carbocycles. The number of carbonyl (C=O) groups is 1. The van der Waals surface area contributed by atoms with Crippen molar-refractivity contribution < 1.29 is 9.21 Å². The van der Waals surface area contributed by atoms with Gasteiger partial charge in [0.1, 0.15) is 11.5 Å². The maximum Gasteiger partial charge on any atom is 0.257 e. The number of hydrogen-bond donors (Lipinski definition) is 0. The molecule has 32 heavy (non-hydrogen) atoms. The zero-order valence-corrected chi connectivity index (χ0v) is 19.3. The molecule has 0 radical (unpaired) electrons. The average Bonchev–Trinajstić information content (AvgIpc) is 3.50. The predicted octanol–water partition coefficient (Wildman–Crippen LogP) is 3.35. The van der Waals surface area contributed by atoms with Gasteiger partial charge in [0.2, 0.25) is 5.95 Å². The van der Waals surface area contributed by atoms with Crippen molar-refractivity contribution in [3.05, 3.63) is 46.9 Å². The Morgan fingerprint density at radius 1 is 1.22 bits per heavy atom. The summed E-state index contributed by atoms with van der Waals surface area (Å²) < 4.78 is 7.75. The molecular formula is C24H30N6O2. The van der Waals surface area contributed by atoms with Crippen LogP contribution in [0.25, 0.3) is 11.1 Å². The summed E-state index contributed by atoms with van der Waals surface area (Å²) in [5.41, 5.74) is 4.90. The topological polar surface area (TPSA) is 80.3 Å². The molecule has 1 amide bonds. The number of rotatable bonds is 4. The Morgan fingerprint density at radius 2 is 2.03 bits per heavy atom. The van der Waals surface area contributed by atoms with E-state index in [2.05, 4.69) is 10.1 Å². The number of nitrogens with zero attached hydrogens (tertiary/aromatic N) is 6. The van der Waals surface area contributed by atoms with Crippen LogP contribution in [0.1, 0.15) is 58.3 Å². The molecule has 0 unspecified atom stereocenters. The highest BCUT2D eigenvalue weighted by atomic mass is 16.3. The first-order valence-electron chi connectivity index (χ1n) is 11.4. The van der Waals surface area contributed by atoms with Gasteiger partial charge in [-0.15, -0.1) is 0 Å². The highest BCUT2D eigenvalue weighted by molar-refractivity contribution is 5.97. The van der Waals surface area contributed by atoms with Gasteiger partial charge in [0.05, 0.1) is 17.5 Å². The number of aryl methyl sites for hydroxylation is 3. The Labute approximate surface area is 188 Å². The van der Waals surface area contributed by atoms with E-state index >= 15 is 0 Å². The molecule has 0 saturated carbocycles. The third-order valence-corrected chi connectivity index (χ3v) is 6.64. The Morgan fingerprint density at radius 3 is 2.78 bits per heavy atom. The molecule has 1 saturated heterocycles. The number of likely N-dealkylation sites (tertiary alicyclic amines) is 1. The van der Waals surface area contributed by atoms with E-state index in [1.54, 1.807) is 4.68 Å². The van der Waals surface area contributed by atoms with E-state index in [0.29, 0.717) is 12.5 Å². The minimum absolute atomic E-state index is 0.0988. The fraction of sp³-hybridized carbons (Fsp3) is 0.500. The number of aromatic nitrogens is 4. The van der Waals surface area contributed by atoms with Gasteiger partial charge in [0.25, 0.3) is 5.91 Å². The Hall–Kier alpha value is -3.16. The predicted molar refractivity (Wildman–Crippen MR) is 122 cm³/mol. The molecule has 3 aromatic heterocycles. The van der Waals surface area contributed by atoms with Crippen LogP contribution in [0.2, 0.25) is 0 Å². The van der Waals surface area contributed by atoms with Gasteiger partial charge in [0, 0.05) is 75.7 Å². The number of anilines is 1. The molecule has 5 rings (SSSR count). The van der Waals surface area contributed by atoms with Gasteiger partial charge in [-0.2, -0.15) is 5.10 Å². The summed E-state index contributed by atoms with van der Waals surface area (Å²) in [6.07, 6.45) is 10.7. The zero-order chi connectivity index (χ0) is 22.4. The van der Waals surface area contributed by atoms with Gasteiger partial charge in [-0.3, -0.25) is 9.48 Å². The van der Waals surface area contributed by atoms with Gasteiger partial charge < -0.3 is 14.2 Å². The zero-order valence-electron chi connectivity index (χ0n) is 19.3. The maximum absolute atomic E-state index is 13.5. The molecule has 0 bridgehead atoms. The van der Waals surface area contributed by atoms with E-state index in [1.807, 2.05) is 56.5 Å². The van der Waals surface area contributed by atoms with Gasteiger partial charge in [-0.25, -0.2) is 9.97 Å². The number of carbonyl (C=O) groups excluding carboxylic acids is 1. The second-order valence-corrected chi connectivity index (χ2v) is 9.14. The van der Waals surface area contributed by atoms with E-state index in [9.17, 15) is 4.79 Å². The molecule has 168 valence electrons. The normalized spacial score (nSPS) is 18.1. The smallest absolute Gasteiger partial charge is 0.257 e. The Kier molecular flexibility index (Phi) is 5.23. The van der Waals surface area contributed by atoms with E-state index in [4.69, 9.17) is 9.40 Å². The van der Waals surface area contributed by atoms with Crippen molar-refractivity contribution in [1.29, 1.82) is 0 Å². The standard InChI is InChI=1S/C24H30N6O2/c1-15-21(18-7-5-6-8-20(18)32-15)23(31)30-10-9-16(14-30)22-19(17-11-26-29(4)13-17)12-25-24(27-22)28(2)3/h11-13,16H,5-10,14H2,1-4H3/t16-/m0/s1. The van der Waals surface area contributed by atoms with Crippen LogP contribution in [0.4, 0.5) is 5.95 Å². The van der Waals surface area contributed by atoms with Crippen molar-refractivity contribution >= 4 is 11.9 Å². The molecule has 1 fully saturated rings. The van der Waals surface area contributed by atoms with Gasteiger partial charge in [0.15, 0.2) is 0 Å². The van der Waals surface area contributed by atoms with Crippen molar-refractivity contribution in [2.24, 2.45) is 7.05 Å². The third kappa shape index (κ3) is 3.57. The fourth-order valence-electron chi connectivity index (χ4n) is 5.00. The highest BCUT2D eigenvalue weighted by Gasteiger charge is 2.34. The minimum Gasteiger partial charge on any atom is -0.465 e. The lowest BCUT2D eigenvalue weighted by molar-refractivity contribution is 0.0788. The third-order valence-electron chi connectivity index (χ3n) is 6.64. The SMILES string of the molecule is Cc1oc2c(c1C(=O)N1CC[C@H](c3nc(N(C)C)ncc3-c3cnn(C)c3)C1)CCCC2. The van der Waals surface area contributed by atoms with Gasteiger partial charge >= 0.3 is 0 Å². The maximum atomic E-state index is 13.5. The summed E-state index contributed by atoms with van der Waals surface area (Å²) in [5, 5.41) is 4.32. The van der Waals surface area contributed by atoms with E-state index in [-0.39, 0.29) is 11.8 Å². The van der Waals surface area contributed by atoms with Crippen LogP contribution < -0.4 is 4.90 Å². The lowest BCUT2D eigenvalue weighted by Crippen LogP contribution is -2.30. The summed E-state index contributed by atoms with van der Waals surface area (Å²) in [5.74, 6) is 2.70. The molecule has 8 nitrogen and oxygen atoms in total. The van der Waals surface area contributed by atoms with E-state index < -0.39 is 0 Å². The highest BCUT2D eigenvalue weighted by Crippen LogP contribution is 2.36. The first-order valence-corrected chi connectivity index (χ1v) is 11.4. The summed E-state index contributed by atoms with van der Waals surface area (Å²) in [6, 6.07) is 0. The second kappa shape index (κ2) is 8.07. The van der Waals surface area contributed by atoms with Crippen LogP contribution in [-0.4, -0.2) is 57.7 Å². The fourth-order valence-corrected chi connectivity index (χ4v) is 5.00. The van der Waals surface area contributed by atoms with Crippen LogP contribution in [0.5, 0.6) is 0 Å². The van der Waals surface area contributed by atoms with Crippen molar-refractivity contribution in [2.45, 2.75) is 44.9 Å². The summed E-state index contributed by atoms with van der Waals surface area (Å²) in [4.78, 5) is 26.8. The molecule has 1 atom stereocenters. The lowest BCUT2D eigenvalue weighted by atomic mass is 9.94. The Bertz CT molecular complexity index is 1160. The quantitative estimate of drug-likeness (QED) is 0.626. The minimum atomic E-state index is 0.0988. The van der Waals surface area contributed by atoms with Crippen molar-refractivity contribution in [3.63, 3.8) is 0 Å². The van der Waals surface area contributed by atoms with Gasteiger partial charge in [-0.05, 0) is 32.6 Å². The summed E-state index contributed by atoms with van der Waals surface area (Å²) in [7, 11) is 5.79. The van der Waals surface area contributed by atoms with Crippen LogP contribution in [0, 0.1) is 6.92 Å². The number of amides is 1. The molecule has 8 heteroatoms. The van der Waals surface area contributed by atoms with Crippen LogP contribution in [0.15, 0.2) is 23.0 Å². The van der Waals surface area contributed by atoms with Crippen molar-refractivity contribution in [3.8, 4) is 11.1 Å². The lowest BCUT2D eigenvalue weighted by Gasteiger charge is -2.20. The Balaban J connectivity index is 1.45. The summed E-state index contributed by atoms with van der Waals surface area (Å²) in [6.45, 7) is 3.29. The molecule has 0 spiro atoms. The van der Waals surface area contributed by atoms with Gasteiger partial charge in [-0.1, -0.05) is 0 Å². The van der Waals surface area contributed by atoms with E-state index in [1.165, 1.54) is 0 Å². The molecular weight excluding hydrogens is 404 g/mol. The average molecular weight is 435 g/mol. The molecule has 2 aliphatic rings. The molecule has 4 heterocycles. The van der Waals surface area contributed by atoms with Crippen LogP contribution in [-0.2, 0) is 19.9 Å². The second-order valence-electron chi connectivity index (χ2n) is 9.14. The largest absolute Gasteiger partial charge is 0.465 e. The first-order chi connectivity index (χ1) is 15.4. The number of hydrogen-bond acceptors (Lipinski definition) is 6. The molecule has 3 aromatic rings. The first kappa shape index (κ1) is 20.7. The molecule has 1 aliphatic carbocycles.